The van der Waals surface area contributed by atoms with E-state index in [-0.39, 0.29) is 18.1 Å². The maximum atomic E-state index is 12.9. The van der Waals surface area contributed by atoms with Crippen molar-refractivity contribution in [1.29, 1.82) is 0 Å². The highest BCUT2D eigenvalue weighted by atomic mass is 16.3. The van der Waals surface area contributed by atoms with Crippen molar-refractivity contribution in [1.82, 2.24) is 19.7 Å². The van der Waals surface area contributed by atoms with Gasteiger partial charge >= 0.3 is 0 Å². The molecule has 132 valence electrons. The largest absolute Gasteiger partial charge is 0.391 e. The maximum absolute atomic E-state index is 12.9. The molecular weight excluding hydrogens is 304 g/mol. The van der Waals surface area contributed by atoms with E-state index < -0.39 is 0 Å². The van der Waals surface area contributed by atoms with Crippen molar-refractivity contribution >= 4 is 5.91 Å². The maximum Gasteiger partial charge on any atom is 0.225 e. The van der Waals surface area contributed by atoms with Crippen LogP contribution in [0.25, 0.3) is 0 Å². The number of hydrogen-bond acceptors (Lipinski definition) is 4. The van der Waals surface area contributed by atoms with Crippen LogP contribution in [0.5, 0.6) is 0 Å². The third kappa shape index (κ3) is 3.08. The van der Waals surface area contributed by atoms with Gasteiger partial charge in [-0.05, 0) is 37.5 Å². The molecule has 0 bridgehead atoms. The molecule has 1 aromatic heterocycles. The van der Waals surface area contributed by atoms with Crippen LogP contribution in [-0.4, -0.2) is 49.9 Å². The molecule has 0 radical (unpaired) electrons. The summed E-state index contributed by atoms with van der Waals surface area (Å²) >= 11 is 0. The lowest BCUT2D eigenvalue weighted by Crippen LogP contribution is -2.36. The lowest BCUT2D eigenvalue weighted by atomic mass is 9.77. The molecule has 3 aliphatic rings. The molecule has 4 rings (SSSR count). The summed E-state index contributed by atoms with van der Waals surface area (Å²) < 4.78 is 1.79. The highest BCUT2D eigenvalue weighted by Crippen LogP contribution is 2.41. The minimum atomic E-state index is -0.388. The topological polar surface area (TPSA) is 71.2 Å². The van der Waals surface area contributed by atoms with Gasteiger partial charge in [0.05, 0.1) is 12.1 Å². The molecule has 1 aromatic rings. The molecule has 0 aromatic carbocycles. The second-order valence-electron chi connectivity index (χ2n) is 7.93. The molecule has 24 heavy (non-hydrogen) atoms. The van der Waals surface area contributed by atoms with E-state index in [0.717, 1.165) is 38.8 Å². The number of hydrogen-bond donors (Lipinski definition) is 1. The zero-order chi connectivity index (χ0) is 16.5. The van der Waals surface area contributed by atoms with Gasteiger partial charge in [-0.1, -0.05) is 25.7 Å². The third-order valence-corrected chi connectivity index (χ3v) is 6.40. The van der Waals surface area contributed by atoms with Crippen LogP contribution in [0, 0.1) is 17.8 Å². The van der Waals surface area contributed by atoms with Crippen LogP contribution in [0.4, 0.5) is 0 Å². The van der Waals surface area contributed by atoms with Gasteiger partial charge in [0.15, 0.2) is 0 Å². The van der Waals surface area contributed by atoms with Gasteiger partial charge in [-0.15, -0.1) is 0 Å². The van der Waals surface area contributed by atoms with Crippen LogP contribution < -0.4 is 0 Å². The van der Waals surface area contributed by atoms with Crippen molar-refractivity contribution in [2.24, 2.45) is 17.8 Å². The predicted molar refractivity (Wildman–Crippen MR) is 89.1 cm³/mol. The molecule has 6 heteroatoms. The fourth-order valence-corrected chi connectivity index (χ4v) is 5.04. The lowest BCUT2D eigenvalue weighted by molar-refractivity contribution is -0.135. The molecule has 4 atom stereocenters. The second kappa shape index (κ2) is 6.82. The molecule has 0 unspecified atom stereocenters. The van der Waals surface area contributed by atoms with Gasteiger partial charge in [-0.3, -0.25) is 4.79 Å². The Labute approximate surface area is 143 Å². The number of aromatic nitrogens is 3. The highest BCUT2D eigenvalue weighted by molar-refractivity contribution is 5.79. The molecule has 0 spiro atoms. The van der Waals surface area contributed by atoms with Gasteiger partial charge < -0.3 is 10.0 Å². The molecule has 3 fully saturated rings. The van der Waals surface area contributed by atoms with Crippen LogP contribution in [-0.2, 0) is 4.79 Å². The number of nitrogens with zero attached hydrogens (tertiary/aromatic N) is 4. The minimum absolute atomic E-state index is 0.00156. The SMILES string of the molecule is O=C(C1CCCCCC1)N1C[C@H]2C[C@@H](n3cncn3)[C@H](O)C[C@H]2C1. The first-order valence-electron chi connectivity index (χ1n) is 9.53. The Bertz CT molecular complexity index is 553. The number of rotatable bonds is 2. The van der Waals surface area contributed by atoms with Crippen molar-refractivity contribution in [2.45, 2.75) is 63.5 Å². The fourth-order valence-electron chi connectivity index (χ4n) is 5.04. The molecular formula is C18H28N4O2. The van der Waals surface area contributed by atoms with Crippen molar-refractivity contribution in [3.05, 3.63) is 12.7 Å². The van der Waals surface area contributed by atoms with Gasteiger partial charge in [0.2, 0.25) is 5.91 Å². The Balaban J connectivity index is 1.41. The molecule has 1 aliphatic heterocycles. The van der Waals surface area contributed by atoms with Gasteiger partial charge in [0.1, 0.15) is 12.7 Å². The second-order valence-corrected chi connectivity index (χ2v) is 7.93. The van der Waals surface area contributed by atoms with E-state index in [1.165, 1.54) is 32.0 Å². The van der Waals surface area contributed by atoms with E-state index in [9.17, 15) is 9.90 Å². The summed E-state index contributed by atoms with van der Waals surface area (Å²) in [6, 6.07) is 0.00156. The lowest BCUT2D eigenvalue weighted by Gasteiger charge is -2.34. The first-order valence-corrected chi connectivity index (χ1v) is 9.53. The Morgan fingerprint density at radius 1 is 1.04 bits per heavy atom. The predicted octanol–water partition coefficient (Wildman–Crippen LogP) is 2.02. The van der Waals surface area contributed by atoms with Gasteiger partial charge in [-0.25, -0.2) is 9.67 Å². The van der Waals surface area contributed by atoms with Crippen LogP contribution in [0.2, 0.25) is 0 Å². The zero-order valence-corrected chi connectivity index (χ0v) is 14.3. The summed E-state index contributed by atoms with van der Waals surface area (Å²) in [6.45, 7) is 1.69. The number of likely N-dealkylation sites (tertiary alicyclic amines) is 1. The standard InChI is InChI=1S/C18H28N4O2/c23-17-8-15-10-21(18(24)13-5-3-1-2-4-6-13)9-14(15)7-16(17)22-12-19-11-20-22/h11-17,23H,1-10H2/t14-,15+,16-,17-/m1/s1. The van der Waals surface area contributed by atoms with Crippen molar-refractivity contribution < 1.29 is 9.90 Å². The van der Waals surface area contributed by atoms with Crippen LogP contribution >= 0.6 is 0 Å². The number of aliphatic hydroxyl groups excluding tert-OH is 1. The summed E-state index contributed by atoms with van der Waals surface area (Å²) in [5.74, 6) is 1.54. The van der Waals surface area contributed by atoms with Crippen LogP contribution in [0.3, 0.4) is 0 Å². The number of aliphatic hydroxyl groups is 1. The molecule has 2 saturated carbocycles. The Kier molecular flexibility index (Phi) is 4.57. The van der Waals surface area contributed by atoms with E-state index >= 15 is 0 Å². The molecule has 6 nitrogen and oxygen atoms in total. The monoisotopic (exact) mass is 332 g/mol. The Morgan fingerprint density at radius 3 is 2.42 bits per heavy atom. The van der Waals surface area contributed by atoms with Crippen molar-refractivity contribution in [3.63, 3.8) is 0 Å². The molecule has 1 saturated heterocycles. The van der Waals surface area contributed by atoms with Crippen molar-refractivity contribution in [3.8, 4) is 0 Å². The van der Waals surface area contributed by atoms with Gasteiger partial charge in [0.25, 0.3) is 0 Å². The normalized spacial score (nSPS) is 34.8. The Hall–Kier alpha value is -1.43. The smallest absolute Gasteiger partial charge is 0.225 e. The molecule has 2 heterocycles. The summed E-state index contributed by atoms with van der Waals surface area (Å²) in [6.07, 6.45) is 11.6. The number of fused-ring (bicyclic) bond motifs is 1. The first kappa shape index (κ1) is 16.1. The van der Waals surface area contributed by atoms with Crippen molar-refractivity contribution in [2.75, 3.05) is 13.1 Å². The van der Waals surface area contributed by atoms with Crippen LogP contribution in [0.1, 0.15) is 57.4 Å². The molecule has 2 aliphatic carbocycles. The van der Waals surface area contributed by atoms with E-state index in [1.807, 2.05) is 0 Å². The summed E-state index contributed by atoms with van der Waals surface area (Å²) in [4.78, 5) is 19.0. The number of amides is 1. The summed E-state index contributed by atoms with van der Waals surface area (Å²) in [7, 11) is 0. The van der Waals surface area contributed by atoms with E-state index in [2.05, 4.69) is 15.0 Å². The van der Waals surface area contributed by atoms with E-state index in [4.69, 9.17) is 0 Å². The Morgan fingerprint density at radius 2 is 1.75 bits per heavy atom. The van der Waals surface area contributed by atoms with E-state index in [1.54, 1.807) is 11.0 Å². The number of carbonyl (C=O) groups is 1. The third-order valence-electron chi connectivity index (χ3n) is 6.40. The average Bonchev–Trinajstić information content (AvgIpc) is 3.16. The molecule has 1 amide bonds. The van der Waals surface area contributed by atoms with E-state index in [0.29, 0.717) is 17.7 Å². The zero-order valence-electron chi connectivity index (χ0n) is 14.3. The van der Waals surface area contributed by atoms with Gasteiger partial charge in [-0.2, -0.15) is 5.10 Å². The molecule has 1 N–H and O–H groups in total. The highest BCUT2D eigenvalue weighted by Gasteiger charge is 2.44. The fraction of sp³-hybridized carbons (Fsp3) is 0.833. The first-order chi connectivity index (χ1) is 11.7. The number of carbonyl (C=O) groups excluding carboxylic acids is 1. The van der Waals surface area contributed by atoms with Gasteiger partial charge in [0, 0.05) is 19.0 Å². The summed E-state index contributed by atoms with van der Waals surface area (Å²) in [5, 5.41) is 14.7. The van der Waals surface area contributed by atoms with Crippen LogP contribution in [0.15, 0.2) is 12.7 Å². The summed E-state index contributed by atoms with van der Waals surface area (Å²) in [5.41, 5.74) is 0. The average molecular weight is 332 g/mol. The quantitative estimate of drug-likeness (QED) is 0.841. The minimum Gasteiger partial charge on any atom is -0.391 e.